The van der Waals surface area contributed by atoms with Gasteiger partial charge in [-0.25, -0.2) is 15.3 Å². The number of nitrogens with one attached hydrogen (secondary N) is 1. The lowest BCUT2D eigenvalue weighted by Crippen LogP contribution is -2.44. The molecule has 0 aliphatic carbocycles. The van der Waals surface area contributed by atoms with Gasteiger partial charge in [0.2, 0.25) is 0 Å². The zero-order chi connectivity index (χ0) is 20.4. The molecule has 2 aliphatic rings. The van der Waals surface area contributed by atoms with Crippen LogP contribution in [0.15, 0.2) is 83.9 Å². The SMILES string of the molecule is Cc1cccc(-c2ccc(C3=NC4(CCN(Cc5ccccc5)CC4)ON3)cc2)c1. The summed E-state index contributed by atoms with van der Waals surface area (Å²) >= 11 is 0. The van der Waals surface area contributed by atoms with Gasteiger partial charge in [-0.2, -0.15) is 0 Å². The van der Waals surface area contributed by atoms with Gasteiger partial charge in [-0.05, 0) is 23.6 Å². The highest BCUT2D eigenvalue weighted by atomic mass is 16.7. The lowest BCUT2D eigenvalue weighted by atomic mass is 10.00. The number of rotatable bonds is 4. The first kappa shape index (κ1) is 19.0. The van der Waals surface area contributed by atoms with Crippen molar-refractivity contribution in [3.63, 3.8) is 0 Å². The fourth-order valence-corrected chi connectivity index (χ4v) is 4.28. The normalized spacial score (nSPS) is 18.2. The molecule has 152 valence electrons. The van der Waals surface area contributed by atoms with Gasteiger partial charge in [0.05, 0.1) is 0 Å². The number of nitrogens with zero attached hydrogens (tertiary/aromatic N) is 2. The van der Waals surface area contributed by atoms with E-state index in [9.17, 15) is 0 Å². The van der Waals surface area contributed by atoms with E-state index >= 15 is 0 Å². The van der Waals surface area contributed by atoms with Crippen molar-refractivity contribution >= 4 is 5.84 Å². The number of benzene rings is 3. The lowest BCUT2D eigenvalue weighted by Gasteiger charge is -2.35. The van der Waals surface area contributed by atoms with Crippen molar-refractivity contribution in [2.24, 2.45) is 4.99 Å². The van der Waals surface area contributed by atoms with E-state index in [1.807, 2.05) is 0 Å². The lowest BCUT2D eigenvalue weighted by molar-refractivity contribution is -0.0901. The predicted molar refractivity (Wildman–Crippen MR) is 121 cm³/mol. The van der Waals surface area contributed by atoms with Gasteiger partial charge < -0.3 is 0 Å². The first-order chi connectivity index (χ1) is 14.7. The van der Waals surface area contributed by atoms with E-state index in [1.165, 1.54) is 22.3 Å². The Morgan fingerprint density at radius 2 is 1.60 bits per heavy atom. The number of aliphatic imine (C=N–C) groups is 1. The van der Waals surface area contributed by atoms with Gasteiger partial charge in [0.1, 0.15) is 0 Å². The number of hydrogen-bond donors (Lipinski definition) is 1. The van der Waals surface area contributed by atoms with Crippen LogP contribution in [-0.4, -0.2) is 29.6 Å². The summed E-state index contributed by atoms with van der Waals surface area (Å²) in [6.07, 6.45) is 1.80. The van der Waals surface area contributed by atoms with Gasteiger partial charge in [0.15, 0.2) is 11.6 Å². The second kappa shape index (κ2) is 8.05. The average molecular weight is 398 g/mol. The summed E-state index contributed by atoms with van der Waals surface area (Å²) in [7, 11) is 0. The quantitative estimate of drug-likeness (QED) is 0.678. The third kappa shape index (κ3) is 4.02. The Kier molecular flexibility index (Phi) is 5.11. The fraction of sp³-hybridized carbons (Fsp3) is 0.269. The molecule has 0 aromatic heterocycles. The van der Waals surface area contributed by atoms with E-state index in [0.29, 0.717) is 0 Å². The molecule has 1 fully saturated rings. The molecule has 4 nitrogen and oxygen atoms in total. The Morgan fingerprint density at radius 1 is 0.867 bits per heavy atom. The van der Waals surface area contributed by atoms with Crippen molar-refractivity contribution in [1.29, 1.82) is 0 Å². The highest BCUT2D eigenvalue weighted by Crippen LogP contribution is 2.32. The molecule has 0 amide bonds. The summed E-state index contributed by atoms with van der Waals surface area (Å²) in [5, 5.41) is 0. The van der Waals surface area contributed by atoms with E-state index in [-0.39, 0.29) is 0 Å². The number of piperidine rings is 1. The molecule has 0 atom stereocenters. The summed E-state index contributed by atoms with van der Waals surface area (Å²) in [5.41, 5.74) is 8.81. The van der Waals surface area contributed by atoms with E-state index in [0.717, 1.165) is 43.9 Å². The molecule has 3 aromatic carbocycles. The third-order valence-electron chi connectivity index (χ3n) is 6.05. The summed E-state index contributed by atoms with van der Waals surface area (Å²) in [6, 6.07) is 27.8. The van der Waals surface area contributed by atoms with Crippen molar-refractivity contribution in [3.05, 3.63) is 95.6 Å². The van der Waals surface area contributed by atoms with Crippen LogP contribution in [0.2, 0.25) is 0 Å². The number of likely N-dealkylation sites (tertiary alicyclic amines) is 1. The second-order valence-electron chi connectivity index (χ2n) is 8.32. The summed E-state index contributed by atoms with van der Waals surface area (Å²) in [5.74, 6) is 0.835. The Morgan fingerprint density at radius 3 is 2.33 bits per heavy atom. The molecule has 30 heavy (non-hydrogen) atoms. The van der Waals surface area contributed by atoms with E-state index in [1.54, 1.807) is 0 Å². The molecular weight excluding hydrogens is 370 g/mol. The first-order valence-electron chi connectivity index (χ1n) is 10.7. The zero-order valence-corrected chi connectivity index (χ0v) is 17.3. The van der Waals surface area contributed by atoms with Crippen LogP contribution in [-0.2, 0) is 11.4 Å². The van der Waals surface area contributed by atoms with Crippen molar-refractivity contribution in [2.45, 2.75) is 32.0 Å². The molecular formula is C26H27N3O. The highest BCUT2D eigenvalue weighted by molar-refractivity contribution is 5.99. The Balaban J connectivity index is 1.25. The molecule has 0 radical (unpaired) electrons. The molecule has 1 N–H and O–H groups in total. The predicted octanol–water partition coefficient (Wildman–Crippen LogP) is 4.94. The van der Waals surface area contributed by atoms with Gasteiger partial charge in [-0.15, -0.1) is 0 Å². The van der Waals surface area contributed by atoms with Crippen molar-refractivity contribution in [3.8, 4) is 11.1 Å². The molecule has 0 saturated carbocycles. The minimum Gasteiger partial charge on any atom is -0.299 e. The maximum atomic E-state index is 6.00. The molecule has 1 saturated heterocycles. The van der Waals surface area contributed by atoms with Crippen LogP contribution in [0.4, 0.5) is 0 Å². The Bertz CT molecular complexity index is 1040. The van der Waals surface area contributed by atoms with Crippen LogP contribution in [0.25, 0.3) is 11.1 Å². The van der Waals surface area contributed by atoms with Crippen LogP contribution in [0.3, 0.4) is 0 Å². The monoisotopic (exact) mass is 397 g/mol. The summed E-state index contributed by atoms with van der Waals surface area (Å²) in [4.78, 5) is 13.4. The maximum absolute atomic E-state index is 6.00. The topological polar surface area (TPSA) is 36.9 Å². The highest BCUT2D eigenvalue weighted by Gasteiger charge is 2.40. The fourth-order valence-electron chi connectivity index (χ4n) is 4.28. The molecule has 0 unspecified atom stereocenters. The number of aryl methyl sites for hydroxylation is 1. The van der Waals surface area contributed by atoms with E-state index in [4.69, 9.17) is 9.83 Å². The number of amidine groups is 1. The van der Waals surface area contributed by atoms with E-state index in [2.05, 4.69) is 96.2 Å². The molecule has 2 aliphatic heterocycles. The van der Waals surface area contributed by atoms with Crippen molar-refractivity contribution in [2.75, 3.05) is 13.1 Å². The van der Waals surface area contributed by atoms with Crippen LogP contribution in [0, 0.1) is 6.92 Å². The summed E-state index contributed by atoms with van der Waals surface area (Å²) < 4.78 is 0. The van der Waals surface area contributed by atoms with Crippen LogP contribution >= 0.6 is 0 Å². The van der Waals surface area contributed by atoms with Gasteiger partial charge in [0.25, 0.3) is 0 Å². The smallest absolute Gasteiger partial charge is 0.190 e. The van der Waals surface area contributed by atoms with Gasteiger partial charge >= 0.3 is 0 Å². The minimum atomic E-state index is -0.433. The van der Waals surface area contributed by atoms with Crippen LogP contribution in [0.5, 0.6) is 0 Å². The largest absolute Gasteiger partial charge is 0.299 e. The average Bonchev–Trinajstić information content (AvgIpc) is 3.20. The van der Waals surface area contributed by atoms with Crippen molar-refractivity contribution < 1.29 is 4.84 Å². The van der Waals surface area contributed by atoms with Crippen LogP contribution in [0.1, 0.15) is 29.5 Å². The molecule has 5 rings (SSSR count). The maximum Gasteiger partial charge on any atom is 0.190 e. The number of hydrogen-bond acceptors (Lipinski definition) is 4. The Labute approximate surface area is 178 Å². The standard InChI is InChI=1S/C26H27N3O/c1-20-6-5-9-24(18-20)22-10-12-23(13-11-22)25-27-26(30-28-25)14-16-29(17-15-26)19-21-7-3-2-4-8-21/h2-13,18H,14-17,19H2,1H3,(H,27,28). The molecule has 0 bridgehead atoms. The van der Waals surface area contributed by atoms with Crippen LogP contribution < -0.4 is 5.48 Å². The second-order valence-corrected chi connectivity index (χ2v) is 8.32. The first-order valence-corrected chi connectivity index (χ1v) is 10.7. The zero-order valence-electron chi connectivity index (χ0n) is 17.3. The van der Waals surface area contributed by atoms with Gasteiger partial charge in [-0.3, -0.25) is 4.90 Å². The minimum absolute atomic E-state index is 0.433. The Hall–Kier alpha value is -2.95. The molecule has 1 spiro atoms. The molecule has 2 heterocycles. The third-order valence-corrected chi connectivity index (χ3v) is 6.05. The molecule has 4 heteroatoms. The van der Waals surface area contributed by atoms with Gasteiger partial charge in [0, 0.05) is 38.0 Å². The van der Waals surface area contributed by atoms with Gasteiger partial charge in [-0.1, -0.05) is 84.4 Å². The molecule has 3 aromatic rings. The summed E-state index contributed by atoms with van der Waals surface area (Å²) in [6.45, 7) is 5.08. The number of hydroxylamine groups is 1. The van der Waals surface area contributed by atoms with Crippen molar-refractivity contribution in [1.82, 2.24) is 10.4 Å². The van der Waals surface area contributed by atoms with E-state index < -0.39 is 5.72 Å².